The molecule has 9 heteroatoms. The number of anilines is 1. The topological polar surface area (TPSA) is 101 Å². The van der Waals surface area contributed by atoms with Gasteiger partial charge >= 0.3 is 6.09 Å². The Balaban J connectivity index is 1.27. The second-order valence-electron chi connectivity index (χ2n) is 10.8. The number of ether oxygens (including phenoxy) is 3. The highest BCUT2D eigenvalue weighted by atomic mass is 16.6. The maximum Gasteiger partial charge on any atom is 0.409 e. The van der Waals surface area contributed by atoms with E-state index in [0.717, 1.165) is 37.1 Å². The summed E-state index contributed by atoms with van der Waals surface area (Å²) in [5, 5.41) is 13.7. The Morgan fingerprint density at radius 3 is 2.49 bits per heavy atom. The lowest BCUT2D eigenvalue weighted by molar-refractivity contribution is -0.116. The second-order valence-corrected chi connectivity index (χ2v) is 10.8. The molecule has 1 saturated heterocycles. The smallest absolute Gasteiger partial charge is 0.409 e. The van der Waals surface area contributed by atoms with Gasteiger partial charge in [0.1, 0.15) is 30.8 Å². The molecule has 212 valence electrons. The van der Waals surface area contributed by atoms with Crippen LogP contribution < -0.4 is 14.8 Å². The average molecular weight is 540 g/mol. The molecule has 2 aliphatic rings. The van der Waals surface area contributed by atoms with Crippen molar-refractivity contribution in [3.8, 4) is 11.5 Å². The van der Waals surface area contributed by atoms with Gasteiger partial charge in [0.15, 0.2) is 0 Å². The van der Waals surface area contributed by atoms with E-state index in [4.69, 9.17) is 14.2 Å². The highest BCUT2D eigenvalue weighted by Gasteiger charge is 2.28. The van der Waals surface area contributed by atoms with Crippen LogP contribution in [0.1, 0.15) is 44.2 Å². The first-order chi connectivity index (χ1) is 18.8. The van der Waals surface area contributed by atoms with Crippen molar-refractivity contribution in [3.63, 3.8) is 0 Å². The summed E-state index contributed by atoms with van der Waals surface area (Å²) in [5.41, 5.74) is 2.58. The predicted molar refractivity (Wildman–Crippen MR) is 149 cm³/mol. The van der Waals surface area contributed by atoms with Crippen LogP contribution in [0.15, 0.2) is 42.5 Å². The Kier molecular flexibility index (Phi) is 10.1. The number of hydrogen-bond acceptors (Lipinski definition) is 7. The van der Waals surface area contributed by atoms with E-state index < -0.39 is 6.10 Å². The third-order valence-corrected chi connectivity index (χ3v) is 7.17. The van der Waals surface area contributed by atoms with Crippen LogP contribution in [0, 0.1) is 5.92 Å². The minimum atomic E-state index is -0.668. The average Bonchev–Trinajstić information content (AvgIpc) is 2.94. The molecule has 2 aromatic rings. The number of benzene rings is 2. The van der Waals surface area contributed by atoms with E-state index in [2.05, 4.69) is 10.2 Å². The van der Waals surface area contributed by atoms with Gasteiger partial charge in [-0.2, -0.15) is 0 Å². The van der Waals surface area contributed by atoms with Crippen molar-refractivity contribution in [2.45, 2.75) is 58.3 Å². The van der Waals surface area contributed by atoms with Crippen molar-refractivity contribution in [2.24, 2.45) is 5.92 Å². The molecule has 9 nitrogen and oxygen atoms in total. The monoisotopic (exact) mass is 539 g/mol. The quantitative estimate of drug-likeness (QED) is 0.444. The molecule has 2 aromatic carbocycles. The fourth-order valence-corrected chi connectivity index (χ4v) is 4.94. The summed E-state index contributed by atoms with van der Waals surface area (Å²) in [4.78, 5) is 28.3. The van der Waals surface area contributed by atoms with Gasteiger partial charge in [0.2, 0.25) is 5.91 Å². The molecule has 1 atom stereocenters. The van der Waals surface area contributed by atoms with Gasteiger partial charge in [-0.1, -0.05) is 44.2 Å². The van der Waals surface area contributed by atoms with Gasteiger partial charge in [-0.15, -0.1) is 0 Å². The number of nitrogens with one attached hydrogen (secondary N) is 1. The number of piperidine rings is 1. The Morgan fingerprint density at radius 2 is 1.77 bits per heavy atom. The standard InChI is InChI=1S/C30H41N3O6/c1-21(2)18-39-30(36)32(3)23-13-15-33(16-14-23)17-24(34)20-38-26-10-11-27(29-25(26)9-12-28(35)31-29)37-19-22-7-5-4-6-8-22/h4-8,10-11,21,23-24,34H,9,12-20H2,1-3H3,(H,31,35). The van der Waals surface area contributed by atoms with E-state index in [1.165, 1.54) is 0 Å². The van der Waals surface area contributed by atoms with Gasteiger partial charge in [0.25, 0.3) is 0 Å². The van der Waals surface area contributed by atoms with E-state index in [1.54, 1.807) is 11.9 Å². The maximum absolute atomic E-state index is 12.3. The minimum absolute atomic E-state index is 0.0496. The Hall–Kier alpha value is -3.30. The summed E-state index contributed by atoms with van der Waals surface area (Å²) in [6, 6.07) is 13.7. The molecule has 1 fully saturated rings. The van der Waals surface area contributed by atoms with Crippen LogP contribution in [0.3, 0.4) is 0 Å². The molecule has 39 heavy (non-hydrogen) atoms. The number of likely N-dealkylation sites (tertiary alicyclic amines) is 1. The number of aliphatic hydroxyl groups is 1. The second kappa shape index (κ2) is 13.7. The van der Waals surface area contributed by atoms with Gasteiger partial charge in [-0.05, 0) is 42.9 Å². The zero-order valence-electron chi connectivity index (χ0n) is 23.2. The largest absolute Gasteiger partial charge is 0.490 e. The van der Waals surface area contributed by atoms with E-state index in [1.807, 2.05) is 56.3 Å². The summed E-state index contributed by atoms with van der Waals surface area (Å²) in [7, 11) is 1.80. The number of nitrogens with zero attached hydrogens (tertiary/aromatic N) is 2. The van der Waals surface area contributed by atoms with Crippen molar-refractivity contribution in [1.29, 1.82) is 0 Å². The first-order valence-electron chi connectivity index (χ1n) is 13.9. The van der Waals surface area contributed by atoms with Crippen LogP contribution in [0.25, 0.3) is 0 Å². The highest BCUT2D eigenvalue weighted by molar-refractivity contribution is 5.96. The molecule has 2 aliphatic heterocycles. The zero-order valence-corrected chi connectivity index (χ0v) is 23.2. The van der Waals surface area contributed by atoms with Crippen molar-refractivity contribution >= 4 is 17.7 Å². The van der Waals surface area contributed by atoms with E-state index in [-0.39, 0.29) is 24.6 Å². The van der Waals surface area contributed by atoms with Crippen molar-refractivity contribution in [2.75, 3.05) is 45.2 Å². The molecule has 0 saturated carbocycles. The Morgan fingerprint density at radius 1 is 1.05 bits per heavy atom. The maximum atomic E-state index is 12.3. The first kappa shape index (κ1) is 28.7. The zero-order chi connectivity index (χ0) is 27.8. The number of rotatable bonds is 11. The molecular weight excluding hydrogens is 498 g/mol. The number of carbonyl (C=O) groups excluding carboxylic acids is 2. The molecule has 2 amide bonds. The molecule has 1 unspecified atom stereocenters. The summed E-state index contributed by atoms with van der Waals surface area (Å²) in [5.74, 6) is 1.52. The Labute approximate surface area is 231 Å². The van der Waals surface area contributed by atoms with Crippen LogP contribution in [-0.4, -0.2) is 78.9 Å². The van der Waals surface area contributed by atoms with E-state index >= 15 is 0 Å². The normalized spacial score (nSPS) is 16.8. The van der Waals surface area contributed by atoms with E-state index in [9.17, 15) is 14.7 Å². The molecule has 0 aromatic heterocycles. The fraction of sp³-hybridized carbons (Fsp3) is 0.533. The van der Waals surface area contributed by atoms with Crippen LogP contribution in [0.5, 0.6) is 11.5 Å². The molecule has 2 N–H and O–H groups in total. The van der Waals surface area contributed by atoms with Crippen molar-refractivity contribution in [3.05, 3.63) is 53.6 Å². The van der Waals surface area contributed by atoms with E-state index in [0.29, 0.717) is 55.7 Å². The van der Waals surface area contributed by atoms with Gasteiger partial charge in [0.05, 0.1) is 12.3 Å². The lowest BCUT2D eigenvalue weighted by atomic mass is 10.0. The third kappa shape index (κ3) is 8.10. The summed E-state index contributed by atoms with van der Waals surface area (Å²) in [6.45, 7) is 7.07. The van der Waals surface area contributed by atoms with Gasteiger partial charge < -0.3 is 34.4 Å². The molecule has 0 bridgehead atoms. The number of hydrogen-bond donors (Lipinski definition) is 2. The molecular formula is C30H41N3O6. The fourth-order valence-electron chi connectivity index (χ4n) is 4.94. The third-order valence-electron chi connectivity index (χ3n) is 7.17. The van der Waals surface area contributed by atoms with Crippen LogP contribution in [-0.2, 0) is 22.6 Å². The Bertz CT molecular complexity index is 1100. The molecule has 0 spiro atoms. The van der Waals surface area contributed by atoms with Crippen molar-refractivity contribution in [1.82, 2.24) is 9.80 Å². The number of aliphatic hydroxyl groups excluding tert-OH is 1. The number of β-amino-alcohol motifs (C(OH)–C–C–N with tert-alkyl or cyclic N) is 1. The van der Waals surface area contributed by atoms with Gasteiger partial charge in [-0.3, -0.25) is 4.79 Å². The summed E-state index contributed by atoms with van der Waals surface area (Å²) < 4.78 is 17.4. The lowest BCUT2D eigenvalue weighted by Crippen LogP contribution is -2.48. The number of carbonyl (C=O) groups is 2. The van der Waals surface area contributed by atoms with Gasteiger partial charge in [-0.25, -0.2) is 4.79 Å². The molecule has 0 aliphatic carbocycles. The number of amides is 2. The van der Waals surface area contributed by atoms with Crippen LogP contribution >= 0.6 is 0 Å². The molecule has 4 rings (SSSR count). The lowest BCUT2D eigenvalue weighted by Gasteiger charge is -2.37. The highest BCUT2D eigenvalue weighted by Crippen LogP contribution is 2.39. The van der Waals surface area contributed by atoms with Crippen LogP contribution in [0.4, 0.5) is 10.5 Å². The molecule has 0 radical (unpaired) electrons. The SMILES string of the molecule is CC(C)COC(=O)N(C)C1CCN(CC(O)COc2ccc(OCc3ccccc3)c3c2CCC(=O)N3)CC1. The minimum Gasteiger partial charge on any atom is -0.490 e. The number of fused-ring (bicyclic) bond motifs is 1. The molecule has 2 heterocycles. The predicted octanol–water partition coefficient (Wildman–Crippen LogP) is 4.08. The van der Waals surface area contributed by atoms with Crippen molar-refractivity contribution < 1.29 is 28.9 Å². The first-order valence-corrected chi connectivity index (χ1v) is 13.9. The summed E-state index contributed by atoms with van der Waals surface area (Å²) in [6.07, 6.45) is 1.65. The van der Waals surface area contributed by atoms with Gasteiger partial charge in [0, 0.05) is 44.7 Å². The van der Waals surface area contributed by atoms with Crippen LogP contribution in [0.2, 0.25) is 0 Å². The summed E-state index contributed by atoms with van der Waals surface area (Å²) >= 11 is 0.